The number of carboxylic acids is 1. The maximum atomic E-state index is 10.9. The highest BCUT2D eigenvalue weighted by atomic mass is 32.1. The van der Waals surface area contributed by atoms with Gasteiger partial charge in [-0.3, -0.25) is 4.79 Å². The number of hydrogen-bond acceptors (Lipinski definition) is 4. The minimum atomic E-state index is -1.07. The Morgan fingerprint density at radius 1 is 1.38 bits per heavy atom. The smallest absolute Gasteiger partial charge is 0.355 e. The first-order chi connectivity index (χ1) is 7.72. The molecule has 0 bridgehead atoms. The van der Waals surface area contributed by atoms with Gasteiger partial charge in [0.1, 0.15) is 0 Å². The Balaban J connectivity index is 2.54. The van der Waals surface area contributed by atoms with E-state index in [1.165, 1.54) is 17.5 Å². The summed E-state index contributed by atoms with van der Waals surface area (Å²) in [6.45, 7) is 0. The summed E-state index contributed by atoms with van der Waals surface area (Å²) in [6.07, 6.45) is 2.17. The van der Waals surface area contributed by atoms with Crippen molar-refractivity contribution >= 4 is 23.6 Å². The number of carboxylic acid groups (broad SMARTS) is 1. The molecule has 0 saturated carbocycles. The molecule has 4 nitrogen and oxygen atoms in total. The monoisotopic (exact) mass is 233 g/mol. The molecule has 0 amide bonds. The first kappa shape index (κ1) is 10.5. The van der Waals surface area contributed by atoms with Crippen molar-refractivity contribution in [2.75, 3.05) is 0 Å². The second-order valence-corrected chi connectivity index (χ2v) is 4.14. The van der Waals surface area contributed by atoms with E-state index in [1.807, 2.05) is 0 Å². The summed E-state index contributed by atoms with van der Waals surface area (Å²) in [5, 5.41) is 8.96. The summed E-state index contributed by atoms with van der Waals surface area (Å²) in [5.41, 5.74) is 0.537. The first-order valence-corrected chi connectivity index (χ1v) is 5.27. The Morgan fingerprint density at radius 3 is 2.81 bits per heavy atom. The van der Waals surface area contributed by atoms with Crippen LogP contribution in [0.4, 0.5) is 0 Å². The summed E-state index contributed by atoms with van der Waals surface area (Å²) in [5.74, 6) is -1.07. The van der Waals surface area contributed by atoms with Crippen molar-refractivity contribution in [1.29, 1.82) is 0 Å². The molecule has 2 aromatic heterocycles. The lowest BCUT2D eigenvalue weighted by atomic mass is 10.1. The molecule has 0 atom stereocenters. The molecule has 16 heavy (non-hydrogen) atoms. The predicted molar refractivity (Wildman–Crippen MR) is 59.9 cm³/mol. The highest BCUT2D eigenvalue weighted by molar-refractivity contribution is 7.17. The zero-order chi connectivity index (χ0) is 11.5. The van der Waals surface area contributed by atoms with Gasteiger partial charge >= 0.3 is 5.97 Å². The van der Waals surface area contributed by atoms with Gasteiger partial charge in [-0.05, 0) is 24.3 Å². The van der Waals surface area contributed by atoms with E-state index < -0.39 is 5.97 Å². The van der Waals surface area contributed by atoms with E-state index >= 15 is 0 Å². The van der Waals surface area contributed by atoms with Crippen LogP contribution in [0.5, 0.6) is 0 Å². The van der Waals surface area contributed by atoms with Crippen molar-refractivity contribution < 1.29 is 14.7 Å². The number of pyridine rings is 1. The average Bonchev–Trinajstić information content (AvgIpc) is 2.77. The van der Waals surface area contributed by atoms with Gasteiger partial charge in [-0.25, -0.2) is 9.78 Å². The minimum Gasteiger partial charge on any atom is -0.476 e. The summed E-state index contributed by atoms with van der Waals surface area (Å²) in [7, 11) is 0. The van der Waals surface area contributed by atoms with E-state index in [-0.39, 0.29) is 5.69 Å². The van der Waals surface area contributed by atoms with Crippen molar-refractivity contribution in [2.24, 2.45) is 0 Å². The largest absolute Gasteiger partial charge is 0.476 e. The second kappa shape index (κ2) is 4.24. The van der Waals surface area contributed by atoms with Gasteiger partial charge in [0, 0.05) is 16.6 Å². The van der Waals surface area contributed by atoms with Gasteiger partial charge in [-0.15, -0.1) is 11.3 Å². The lowest BCUT2D eigenvalue weighted by Gasteiger charge is -2.00. The van der Waals surface area contributed by atoms with Gasteiger partial charge in [-0.1, -0.05) is 0 Å². The van der Waals surface area contributed by atoms with Crippen molar-refractivity contribution in [3.63, 3.8) is 0 Å². The summed E-state index contributed by atoms with van der Waals surface area (Å²) in [6, 6.07) is 6.72. The zero-order valence-electron chi connectivity index (χ0n) is 8.08. The molecule has 0 fully saturated rings. The molecule has 2 rings (SSSR count). The molecular weight excluding hydrogens is 226 g/mol. The highest BCUT2D eigenvalue weighted by Crippen LogP contribution is 2.29. The third kappa shape index (κ3) is 1.85. The topological polar surface area (TPSA) is 67.3 Å². The van der Waals surface area contributed by atoms with Crippen LogP contribution < -0.4 is 0 Å². The molecule has 0 aliphatic carbocycles. The number of carbonyl (C=O) groups is 2. The Labute approximate surface area is 95.2 Å². The van der Waals surface area contributed by atoms with Crippen molar-refractivity contribution in [3.05, 3.63) is 41.0 Å². The third-order valence-corrected chi connectivity index (χ3v) is 3.06. The van der Waals surface area contributed by atoms with Gasteiger partial charge in [0.25, 0.3) is 0 Å². The number of carbonyl (C=O) groups excluding carboxylic acids is 1. The standard InChI is InChI=1S/C11H7NO3S/c13-6-7-3-4-9(16-7)8-2-1-5-12-10(8)11(14)15/h1-6H,(H,14,15). The molecule has 0 spiro atoms. The van der Waals surface area contributed by atoms with Crippen LogP contribution in [0.15, 0.2) is 30.5 Å². The van der Waals surface area contributed by atoms with E-state index in [9.17, 15) is 9.59 Å². The van der Waals surface area contributed by atoms with Crippen molar-refractivity contribution in [2.45, 2.75) is 0 Å². The first-order valence-electron chi connectivity index (χ1n) is 4.46. The lowest BCUT2D eigenvalue weighted by molar-refractivity contribution is 0.0691. The molecule has 0 aromatic carbocycles. The SMILES string of the molecule is O=Cc1ccc(-c2cccnc2C(=O)O)s1. The third-order valence-electron chi connectivity index (χ3n) is 2.02. The summed E-state index contributed by atoms with van der Waals surface area (Å²) >= 11 is 1.25. The van der Waals surface area contributed by atoms with Crippen LogP contribution in [-0.4, -0.2) is 22.3 Å². The molecule has 0 aliphatic rings. The summed E-state index contributed by atoms with van der Waals surface area (Å²) in [4.78, 5) is 26.6. The number of aromatic carboxylic acids is 1. The van der Waals surface area contributed by atoms with E-state index in [4.69, 9.17) is 5.11 Å². The predicted octanol–water partition coefficient (Wildman–Crippen LogP) is 2.32. The lowest BCUT2D eigenvalue weighted by Crippen LogP contribution is -2.01. The number of aldehydes is 1. The number of rotatable bonds is 3. The van der Waals surface area contributed by atoms with Crippen LogP contribution in [0.25, 0.3) is 10.4 Å². The molecule has 0 radical (unpaired) electrons. The van der Waals surface area contributed by atoms with Crippen LogP contribution >= 0.6 is 11.3 Å². The number of thiophene rings is 1. The van der Waals surface area contributed by atoms with E-state index in [1.54, 1.807) is 24.3 Å². The van der Waals surface area contributed by atoms with Gasteiger partial charge in [0.2, 0.25) is 0 Å². The van der Waals surface area contributed by atoms with Gasteiger partial charge in [-0.2, -0.15) is 0 Å². The summed E-state index contributed by atoms with van der Waals surface area (Å²) < 4.78 is 0. The Kier molecular flexibility index (Phi) is 2.78. The molecule has 0 aliphatic heterocycles. The van der Waals surface area contributed by atoms with E-state index in [0.717, 1.165) is 11.2 Å². The number of nitrogens with zero attached hydrogens (tertiary/aromatic N) is 1. The minimum absolute atomic E-state index is 0.00167. The van der Waals surface area contributed by atoms with E-state index in [2.05, 4.69) is 4.98 Å². The normalized spacial score (nSPS) is 10.0. The molecule has 80 valence electrons. The second-order valence-electron chi connectivity index (χ2n) is 3.02. The number of aromatic nitrogens is 1. The fourth-order valence-corrected chi connectivity index (χ4v) is 2.18. The molecule has 1 N–H and O–H groups in total. The maximum Gasteiger partial charge on any atom is 0.355 e. The fraction of sp³-hybridized carbons (Fsp3) is 0. The quantitative estimate of drug-likeness (QED) is 0.826. The Hall–Kier alpha value is -2.01. The fourth-order valence-electron chi connectivity index (χ4n) is 1.34. The molecule has 2 heterocycles. The van der Waals surface area contributed by atoms with Crippen LogP contribution in [0.1, 0.15) is 20.2 Å². The van der Waals surface area contributed by atoms with Crippen molar-refractivity contribution in [1.82, 2.24) is 4.98 Å². The molecule has 2 aromatic rings. The molecule has 0 unspecified atom stereocenters. The average molecular weight is 233 g/mol. The van der Waals surface area contributed by atoms with Crippen molar-refractivity contribution in [3.8, 4) is 10.4 Å². The number of hydrogen-bond donors (Lipinski definition) is 1. The van der Waals surface area contributed by atoms with Crippen LogP contribution in [0.2, 0.25) is 0 Å². The van der Waals surface area contributed by atoms with Crippen LogP contribution in [0.3, 0.4) is 0 Å². The Bertz CT molecular complexity index is 548. The van der Waals surface area contributed by atoms with Gasteiger partial charge in [0.15, 0.2) is 12.0 Å². The Morgan fingerprint density at radius 2 is 2.19 bits per heavy atom. The zero-order valence-corrected chi connectivity index (χ0v) is 8.90. The van der Waals surface area contributed by atoms with E-state index in [0.29, 0.717) is 10.4 Å². The van der Waals surface area contributed by atoms with Gasteiger partial charge in [0.05, 0.1) is 4.88 Å². The maximum absolute atomic E-state index is 10.9. The molecule has 5 heteroatoms. The molecular formula is C11H7NO3S. The van der Waals surface area contributed by atoms with Crippen LogP contribution in [0, 0.1) is 0 Å². The van der Waals surface area contributed by atoms with Gasteiger partial charge < -0.3 is 5.11 Å². The molecule has 0 saturated heterocycles. The highest BCUT2D eigenvalue weighted by Gasteiger charge is 2.13. The van der Waals surface area contributed by atoms with Crippen LogP contribution in [-0.2, 0) is 0 Å².